The molecular weight excluding hydrogens is 388 g/mol. The Labute approximate surface area is 133 Å². The summed E-state index contributed by atoms with van der Waals surface area (Å²) in [5.74, 6) is 0. The Morgan fingerprint density at radius 1 is 1.25 bits per heavy atom. The molecule has 6 heteroatoms. The van der Waals surface area contributed by atoms with Crippen LogP contribution in [0.5, 0.6) is 0 Å². The second-order valence-corrected chi connectivity index (χ2v) is 6.03. The van der Waals surface area contributed by atoms with Crippen molar-refractivity contribution in [1.29, 1.82) is 0 Å². The number of benzene rings is 2. The van der Waals surface area contributed by atoms with Crippen molar-refractivity contribution in [2.24, 2.45) is 0 Å². The Balaban J connectivity index is 2.24. The van der Waals surface area contributed by atoms with Crippen LogP contribution in [-0.4, -0.2) is 4.92 Å². The number of hydrogen-bond donors (Lipinski definition) is 1. The van der Waals surface area contributed by atoms with Gasteiger partial charge in [0.05, 0.1) is 4.92 Å². The molecule has 0 aliphatic carbocycles. The molecule has 0 aliphatic rings. The predicted octanol–water partition coefficient (Wildman–Crippen LogP) is 5.04. The number of hydrogen-bond acceptors (Lipinski definition) is 3. The SMILES string of the molecule is Cc1cccc(NCc2cc(Br)ccc2[N+](=O)[O-])c1Br. The van der Waals surface area contributed by atoms with Gasteiger partial charge in [0.1, 0.15) is 0 Å². The fourth-order valence-corrected chi connectivity index (χ4v) is 2.66. The van der Waals surface area contributed by atoms with E-state index < -0.39 is 0 Å². The normalized spacial score (nSPS) is 10.3. The Morgan fingerprint density at radius 2 is 2.00 bits per heavy atom. The first-order chi connectivity index (χ1) is 9.49. The fraction of sp³-hybridized carbons (Fsp3) is 0.143. The van der Waals surface area contributed by atoms with Gasteiger partial charge in [0, 0.05) is 32.8 Å². The minimum atomic E-state index is -0.366. The third kappa shape index (κ3) is 3.37. The van der Waals surface area contributed by atoms with Gasteiger partial charge in [0.25, 0.3) is 5.69 Å². The number of nitro benzene ring substituents is 1. The van der Waals surface area contributed by atoms with Gasteiger partial charge in [0.15, 0.2) is 0 Å². The van der Waals surface area contributed by atoms with Gasteiger partial charge < -0.3 is 5.32 Å². The zero-order chi connectivity index (χ0) is 14.7. The van der Waals surface area contributed by atoms with Gasteiger partial charge in [-0.3, -0.25) is 10.1 Å². The first kappa shape index (κ1) is 15.0. The molecular formula is C14H12Br2N2O2. The van der Waals surface area contributed by atoms with Gasteiger partial charge in [-0.15, -0.1) is 0 Å². The molecule has 0 bridgehead atoms. The average molecular weight is 400 g/mol. The molecule has 2 rings (SSSR count). The lowest BCUT2D eigenvalue weighted by Gasteiger charge is -2.11. The second kappa shape index (κ2) is 6.37. The Morgan fingerprint density at radius 3 is 2.70 bits per heavy atom. The first-order valence-electron chi connectivity index (χ1n) is 5.91. The van der Waals surface area contributed by atoms with Gasteiger partial charge in [-0.1, -0.05) is 28.1 Å². The molecule has 0 atom stereocenters. The summed E-state index contributed by atoms with van der Waals surface area (Å²) in [7, 11) is 0. The van der Waals surface area contributed by atoms with E-state index in [4.69, 9.17) is 0 Å². The Bertz CT molecular complexity index is 660. The minimum absolute atomic E-state index is 0.115. The summed E-state index contributed by atoms with van der Waals surface area (Å²) in [5.41, 5.74) is 2.78. The van der Waals surface area contributed by atoms with Gasteiger partial charge in [0.2, 0.25) is 0 Å². The van der Waals surface area contributed by atoms with Crippen LogP contribution in [0.4, 0.5) is 11.4 Å². The molecule has 104 valence electrons. The zero-order valence-corrected chi connectivity index (χ0v) is 13.9. The van der Waals surface area contributed by atoms with Crippen LogP contribution in [0.3, 0.4) is 0 Å². The molecule has 0 saturated carbocycles. The summed E-state index contributed by atoms with van der Waals surface area (Å²) in [4.78, 5) is 10.7. The number of halogens is 2. The molecule has 0 spiro atoms. The van der Waals surface area contributed by atoms with Crippen molar-refractivity contribution in [1.82, 2.24) is 0 Å². The number of rotatable bonds is 4. The molecule has 0 saturated heterocycles. The average Bonchev–Trinajstić information content (AvgIpc) is 2.40. The smallest absolute Gasteiger partial charge is 0.274 e. The largest absolute Gasteiger partial charge is 0.380 e. The highest BCUT2D eigenvalue weighted by molar-refractivity contribution is 9.11. The summed E-state index contributed by atoms with van der Waals surface area (Å²) in [6.45, 7) is 2.38. The van der Waals surface area contributed by atoms with E-state index in [1.165, 1.54) is 6.07 Å². The van der Waals surface area contributed by atoms with Crippen LogP contribution in [-0.2, 0) is 6.54 Å². The van der Waals surface area contributed by atoms with Crippen LogP contribution < -0.4 is 5.32 Å². The van der Waals surface area contributed by atoms with Crippen molar-refractivity contribution < 1.29 is 4.92 Å². The van der Waals surface area contributed by atoms with E-state index in [-0.39, 0.29) is 10.6 Å². The maximum absolute atomic E-state index is 11.0. The number of nitrogens with zero attached hydrogens (tertiary/aromatic N) is 1. The molecule has 4 nitrogen and oxygen atoms in total. The van der Waals surface area contributed by atoms with Crippen LogP contribution in [0.2, 0.25) is 0 Å². The highest BCUT2D eigenvalue weighted by Crippen LogP contribution is 2.28. The lowest BCUT2D eigenvalue weighted by molar-refractivity contribution is -0.385. The van der Waals surface area contributed by atoms with Crippen molar-refractivity contribution >= 4 is 43.2 Å². The summed E-state index contributed by atoms with van der Waals surface area (Å²) < 4.78 is 1.79. The monoisotopic (exact) mass is 398 g/mol. The van der Waals surface area contributed by atoms with E-state index in [1.54, 1.807) is 12.1 Å². The molecule has 0 fully saturated rings. The topological polar surface area (TPSA) is 55.2 Å². The van der Waals surface area contributed by atoms with Crippen LogP contribution in [0.25, 0.3) is 0 Å². The third-order valence-corrected chi connectivity index (χ3v) is 4.45. The van der Waals surface area contributed by atoms with Gasteiger partial charge in [-0.25, -0.2) is 0 Å². The van der Waals surface area contributed by atoms with E-state index in [9.17, 15) is 10.1 Å². The predicted molar refractivity (Wildman–Crippen MR) is 87.0 cm³/mol. The van der Waals surface area contributed by atoms with Crippen LogP contribution in [0.1, 0.15) is 11.1 Å². The first-order valence-corrected chi connectivity index (χ1v) is 7.49. The summed E-state index contributed by atoms with van der Waals surface area (Å²) >= 11 is 6.85. The molecule has 2 aromatic carbocycles. The molecule has 1 N–H and O–H groups in total. The van der Waals surface area contributed by atoms with E-state index in [0.29, 0.717) is 12.1 Å². The number of aryl methyl sites for hydroxylation is 1. The van der Waals surface area contributed by atoms with Gasteiger partial charge in [-0.05, 0) is 46.6 Å². The van der Waals surface area contributed by atoms with E-state index in [2.05, 4.69) is 37.2 Å². The van der Waals surface area contributed by atoms with Crippen LogP contribution in [0.15, 0.2) is 45.3 Å². The highest BCUT2D eigenvalue weighted by atomic mass is 79.9. The van der Waals surface area contributed by atoms with Crippen molar-refractivity contribution in [3.63, 3.8) is 0 Å². The molecule has 0 heterocycles. The number of nitro groups is 1. The van der Waals surface area contributed by atoms with Gasteiger partial charge in [-0.2, -0.15) is 0 Å². The van der Waals surface area contributed by atoms with E-state index >= 15 is 0 Å². The standard InChI is InChI=1S/C14H12Br2N2O2/c1-9-3-2-4-12(14(9)16)17-8-10-7-11(15)5-6-13(10)18(19)20/h2-7,17H,8H2,1H3. The molecule has 0 aromatic heterocycles. The lowest BCUT2D eigenvalue weighted by Crippen LogP contribution is -2.04. The Kier molecular flexibility index (Phi) is 4.77. The zero-order valence-electron chi connectivity index (χ0n) is 10.7. The summed E-state index contributed by atoms with van der Waals surface area (Å²) in [5, 5.41) is 14.2. The Hall–Kier alpha value is -1.40. The maximum atomic E-state index is 11.0. The van der Waals surface area contributed by atoms with Crippen molar-refractivity contribution in [3.05, 3.63) is 66.6 Å². The van der Waals surface area contributed by atoms with E-state index in [0.717, 1.165) is 20.2 Å². The summed E-state index contributed by atoms with van der Waals surface area (Å²) in [6, 6.07) is 10.8. The molecule has 2 aromatic rings. The molecule has 0 unspecified atom stereocenters. The van der Waals surface area contributed by atoms with Crippen LogP contribution >= 0.6 is 31.9 Å². The second-order valence-electron chi connectivity index (χ2n) is 4.32. The molecule has 0 aliphatic heterocycles. The quantitative estimate of drug-likeness (QED) is 0.578. The third-order valence-electron chi connectivity index (χ3n) is 2.90. The van der Waals surface area contributed by atoms with Crippen LogP contribution in [0, 0.1) is 17.0 Å². The lowest BCUT2D eigenvalue weighted by atomic mass is 10.1. The molecule has 0 amide bonds. The minimum Gasteiger partial charge on any atom is -0.380 e. The van der Waals surface area contributed by atoms with E-state index in [1.807, 2.05) is 25.1 Å². The van der Waals surface area contributed by atoms with Crippen molar-refractivity contribution in [2.45, 2.75) is 13.5 Å². The fourth-order valence-electron chi connectivity index (χ4n) is 1.85. The van der Waals surface area contributed by atoms with Crippen molar-refractivity contribution in [2.75, 3.05) is 5.32 Å². The molecule has 20 heavy (non-hydrogen) atoms. The van der Waals surface area contributed by atoms with Gasteiger partial charge >= 0.3 is 0 Å². The number of nitrogens with one attached hydrogen (secondary N) is 1. The highest BCUT2D eigenvalue weighted by Gasteiger charge is 2.14. The number of anilines is 1. The maximum Gasteiger partial charge on any atom is 0.274 e. The molecule has 0 radical (unpaired) electrons. The van der Waals surface area contributed by atoms with Crippen molar-refractivity contribution in [3.8, 4) is 0 Å². The summed E-state index contributed by atoms with van der Waals surface area (Å²) in [6.07, 6.45) is 0.